The molecule has 276 valence electrons. The Morgan fingerprint density at radius 3 is 2.35 bits per heavy atom. The highest BCUT2D eigenvalue weighted by Crippen LogP contribution is 2.55. The van der Waals surface area contributed by atoms with E-state index in [0.29, 0.717) is 50.4 Å². The largest absolute Gasteiger partial charge is 0.455 e. The minimum Gasteiger partial charge on any atom is -0.455 e. The second-order valence-electron chi connectivity index (χ2n) is 14.3. The number of carbonyl (C=O) groups excluding carboxylic acids is 4. The van der Waals surface area contributed by atoms with Crippen LogP contribution in [0.4, 0.5) is 0 Å². The summed E-state index contributed by atoms with van der Waals surface area (Å²) in [5.41, 5.74) is -0.149. The average molecular weight is 713 g/mol. The highest BCUT2D eigenvalue weighted by atomic mass is 16.6. The molecule has 2 aromatic rings. The van der Waals surface area contributed by atoms with Crippen molar-refractivity contribution >= 4 is 23.7 Å². The maximum Gasteiger partial charge on any atom is 0.313 e. The summed E-state index contributed by atoms with van der Waals surface area (Å²) in [6.45, 7) is 5.56. The summed E-state index contributed by atoms with van der Waals surface area (Å²) in [4.78, 5) is 65.0. The third-order valence-electron chi connectivity index (χ3n) is 11.4. The number of benzene rings is 2. The first kappa shape index (κ1) is 36.0. The van der Waals surface area contributed by atoms with Crippen LogP contribution in [0.1, 0.15) is 43.0 Å². The third-order valence-corrected chi connectivity index (χ3v) is 11.4. The molecule has 5 aliphatic rings. The number of carbonyl (C=O) groups is 4. The number of hydrogen-bond donors (Lipinski definition) is 1. The van der Waals surface area contributed by atoms with Gasteiger partial charge in [0, 0.05) is 46.2 Å². The maximum absolute atomic E-state index is 15.1. The molecule has 12 nitrogen and oxygen atoms in total. The quantitative estimate of drug-likeness (QED) is 0.340. The number of aliphatic hydroxyl groups is 1. The minimum absolute atomic E-state index is 0.0923. The molecule has 1 N–H and O–H groups in total. The Hall–Kier alpha value is -4.36. The van der Waals surface area contributed by atoms with Crippen LogP contribution >= 0.6 is 0 Å². The van der Waals surface area contributed by atoms with Gasteiger partial charge in [-0.1, -0.05) is 85.0 Å². The number of rotatable bonds is 7. The van der Waals surface area contributed by atoms with E-state index in [1.807, 2.05) is 79.7 Å². The summed E-state index contributed by atoms with van der Waals surface area (Å²) in [6, 6.07) is 15.9. The van der Waals surface area contributed by atoms with Crippen molar-refractivity contribution in [2.75, 3.05) is 59.6 Å². The predicted molar refractivity (Wildman–Crippen MR) is 190 cm³/mol. The summed E-state index contributed by atoms with van der Waals surface area (Å²) < 4.78 is 18.8. The first-order valence-electron chi connectivity index (χ1n) is 18.3. The van der Waals surface area contributed by atoms with Gasteiger partial charge in [-0.2, -0.15) is 0 Å². The van der Waals surface area contributed by atoms with E-state index in [0.717, 1.165) is 13.1 Å². The molecule has 0 radical (unpaired) electrons. The Morgan fingerprint density at radius 1 is 0.923 bits per heavy atom. The topological polar surface area (TPSA) is 129 Å². The number of aliphatic hydroxyl groups excluding tert-OH is 1. The molecule has 12 heteroatoms. The van der Waals surface area contributed by atoms with Gasteiger partial charge in [0.05, 0.1) is 43.9 Å². The zero-order chi connectivity index (χ0) is 36.4. The number of fused-ring (bicyclic) bond motifs is 2. The SMILES string of the molecule is C[C@@H]1[C@@H](c2ccccc2)OC(=O)[C@@H]2[C@H]3C(=O)N([C@H](CO)c4ccccc4)[C@@H]4C(=O)N(CCN5CCOCC5)CC=C[C@]34O[C@@H]2/C=C\CCC(=O)N1C. The summed E-state index contributed by atoms with van der Waals surface area (Å²) >= 11 is 0. The fraction of sp³-hybridized carbons (Fsp3) is 0.500. The molecule has 2 aromatic carbocycles. The molecule has 1 spiro atoms. The number of allylic oxidation sites excluding steroid dienone is 1. The Labute approximate surface area is 304 Å². The van der Waals surface area contributed by atoms with Crippen LogP contribution in [-0.4, -0.2) is 132 Å². The lowest BCUT2D eigenvalue weighted by Crippen LogP contribution is -2.57. The van der Waals surface area contributed by atoms with E-state index in [4.69, 9.17) is 14.2 Å². The van der Waals surface area contributed by atoms with Gasteiger partial charge in [0.15, 0.2) is 0 Å². The highest BCUT2D eigenvalue weighted by molar-refractivity contribution is 5.99. The number of esters is 1. The molecule has 0 unspecified atom stereocenters. The molecule has 0 saturated carbocycles. The number of likely N-dealkylation sites (N-methyl/N-ethyl adjacent to an activating group) is 1. The van der Waals surface area contributed by atoms with Gasteiger partial charge in [0.1, 0.15) is 23.7 Å². The molecule has 0 aliphatic carbocycles. The van der Waals surface area contributed by atoms with Crippen LogP contribution in [0.25, 0.3) is 0 Å². The molecule has 3 saturated heterocycles. The molecule has 3 fully saturated rings. The zero-order valence-electron chi connectivity index (χ0n) is 29.8. The van der Waals surface area contributed by atoms with Gasteiger partial charge in [0.25, 0.3) is 0 Å². The Balaban J connectivity index is 1.30. The Morgan fingerprint density at radius 2 is 1.63 bits per heavy atom. The van der Waals surface area contributed by atoms with Gasteiger partial charge in [0.2, 0.25) is 17.7 Å². The molecule has 0 bridgehead atoms. The van der Waals surface area contributed by atoms with Crippen molar-refractivity contribution in [3.63, 3.8) is 0 Å². The lowest BCUT2D eigenvalue weighted by Gasteiger charge is -2.39. The van der Waals surface area contributed by atoms with E-state index in [9.17, 15) is 19.5 Å². The van der Waals surface area contributed by atoms with Crippen LogP contribution in [0.5, 0.6) is 0 Å². The fourth-order valence-electron chi connectivity index (χ4n) is 8.53. The number of cyclic esters (lactones) is 1. The number of amides is 3. The first-order chi connectivity index (χ1) is 25.2. The van der Waals surface area contributed by atoms with Crippen LogP contribution < -0.4 is 0 Å². The van der Waals surface area contributed by atoms with Crippen LogP contribution in [0.3, 0.4) is 0 Å². The number of nitrogens with zero attached hydrogens (tertiary/aromatic N) is 4. The van der Waals surface area contributed by atoms with Crippen molar-refractivity contribution in [1.29, 1.82) is 0 Å². The standard InChI is InChI=1S/C40H48N4O8/c1-27-35(29-14-7-4-8-15-29)51-39(49)33-31(16-9-10-17-32(46)41(27)2)52-40-18-11-19-43(21-20-42-22-24-50-25-23-42)38(48)36(40)44(37(47)34(33)40)30(26-45)28-12-5-3-6-13-28/h3-9,11-16,18,27,30-31,33-36,45H,10,17,19-26H2,1-2H3/b16-9-/t27-,30-,31-,33+,34+,35+,36-,40+/m1/s1. The van der Waals surface area contributed by atoms with Crippen molar-refractivity contribution in [3.05, 3.63) is 96.1 Å². The summed E-state index contributed by atoms with van der Waals surface area (Å²) in [7, 11) is 1.71. The van der Waals surface area contributed by atoms with Gasteiger partial charge in [-0.05, 0) is 24.5 Å². The molecule has 3 amide bonds. The van der Waals surface area contributed by atoms with E-state index >= 15 is 4.79 Å². The predicted octanol–water partition coefficient (Wildman–Crippen LogP) is 2.51. The lowest BCUT2D eigenvalue weighted by molar-refractivity contribution is -0.164. The Bertz CT molecular complexity index is 1680. The number of morpholine rings is 1. The first-order valence-corrected chi connectivity index (χ1v) is 18.3. The Kier molecular flexibility index (Phi) is 10.6. The van der Waals surface area contributed by atoms with E-state index in [2.05, 4.69) is 4.90 Å². The molecular weight excluding hydrogens is 664 g/mol. The van der Waals surface area contributed by atoms with E-state index in [-0.39, 0.29) is 18.2 Å². The van der Waals surface area contributed by atoms with E-state index in [1.54, 1.807) is 29.0 Å². The monoisotopic (exact) mass is 712 g/mol. The fourth-order valence-corrected chi connectivity index (χ4v) is 8.53. The van der Waals surface area contributed by atoms with E-state index in [1.165, 1.54) is 4.90 Å². The zero-order valence-corrected chi connectivity index (χ0v) is 29.8. The second-order valence-corrected chi connectivity index (χ2v) is 14.3. The van der Waals surface area contributed by atoms with Gasteiger partial charge >= 0.3 is 5.97 Å². The third kappa shape index (κ3) is 6.57. The lowest BCUT2D eigenvalue weighted by atomic mass is 9.77. The molecule has 8 atom stereocenters. The summed E-state index contributed by atoms with van der Waals surface area (Å²) in [5, 5.41) is 10.9. The van der Waals surface area contributed by atoms with Crippen LogP contribution in [0.15, 0.2) is 85.0 Å². The normalized spacial score (nSPS) is 32.6. The van der Waals surface area contributed by atoms with Gasteiger partial charge in [-0.25, -0.2) is 0 Å². The van der Waals surface area contributed by atoms with Crippen molar-refractivity contribution < 1.29 is 38.5 Å². The van der Waals surface area contributed by atoms with Crippen molar-refractivity contribution in [2.24, 2.45) is 11.8 Å². The van der Waals surface area contributed by atoms with E-state index < -0.39 is 66.3 Å². The smallest absolute Gasteiger partial charge is 0.313 e. The molecule has 0 aromatic heterocycles. The number of likely N-dealkylation sites (tertiary alicyclic amines) is 1. The van der Waals surface area contributed by atoms with Crippen LogP contribution in [0.2, 0.25) is 0 Å². The highest BCUT2D eigenvalue weighted by Gasteiger charge is 2.72. The molecule has 5 heterocycles. The average Bonchev–Trinajstić information content (AvgIpc) is 3.56. The van der Waals surface area contributed by atoms with Crippen molar-refractivity contribution in [3.8, 4) is 0 Å². The van der Waals surface area contributed by atoms with Gasteiger partial charge < -0.3 is 34.0 Å². The summed E-state index contributed by atoms with van der Waals surface area (Å²) in [6.07, 6.45) is 6.11. The molecule has 7 rings (SSSR count). The number of ether oxygens (including phenoxy) is 3. The summed E-state index contributed by atoms with van der Waals surface area (Å²) in [5.74, 6) is -3.73. The second kappa shape index (κ2) is 15.3. The molecular formula is C40H48N4O8. The van der Waals surface area contributed by atoms with Gasteiger partial charge in [-0.3, -0.25) is 24.1 Å². The van der Waals surface area contributed by atoms with Crippen molar-refractivity contribution in [2.45, 2.75) is 55.7 Å². The van der Waals surface area contributed by atoms with Crippen LogP contribution in [0, 0.1) is 11.8 Å². The maximum atomic E-state index is 15.1. The minimum atomic E-state index is -1.52. The number of hydrogen-bond acceptors (Lipinski definition) is 9. The molecule has 5 aliphatic heterocycles. The van der Waals surface area contributed by atoms with Crippen LogP contribution in [-0.2, 0) is 33.4 Å². The molecule has 52 heavy (non-hydrogen) atoms. The van der Waals surface area contributed by atoms with Gasteiger partial charge in [-0.15, -0.1) is 0 Å². The van der Waals surface area contributed by atoms with Crippen molar-refractivity contribution in [1.82, 2.24) is 19.6 Å².